The molecule has 0 N–H and O–H groups in total. The molecule has 0 saturated heterocycles. The van der Waals surface area contributed by atoms with Crippen LogP contribution in [-0.2, 0) is 10.8 Å². The number of nitrogens with zero attached hydrogens (tertiary/aromatic N) is 2. The monoisotopic (exact) mass is 900 g/mol. The van der Waals surface area contributed by atoms with E-state index in [2.05, 4.69) is 241 Å². The number of rotatable bonds is 3. The van der Waals surface area contributed by atoms with E-state index in [0.717, 1.165) is 27.9 Å². The first-order chi connectivity index (χ1) is 33.8. The quantitative estimate of drug-likeness (QED) is 0.130. The normalized spacial score (nSPS) is 13.4. The highest BCUT2D eigenvalue weighted by molar-refractivity contribution is 6.90. The van der Waals surface area contributed by atoms with Gasteiger partial charge < -0.3 is 13.8 Å². The van der Waals surface area contributed by atoms with Gasteiger partial charge in [-0.25, -0.2) is 0 Å². The van der Waals surface area contributed by atoms with E-state index in [1.54, 1.807) is 0 Å². The van der Waals surface area contributed by atoms with Crippen molar-refractivity contribution in [1.82, 2.24) is 4.48 Å². The number of fused-ring (bicyclic) bond motifs is 13. The fourth-order valence-corrected chi connectivity index (χ4v) is 12.4. The molecule has 0 fully saturated rings. The van der Waals surface area contributed by atoms with Crippen molar-refractivity contribution in [3.05, 3.63) is 198 Å². The summed E-state index contributed by atoms with van der Waals surface area (Å²) in [6, 6.07) is 66.4. The van der Waals surface area contributed by atoms with Crippen molar-refractivity contribution in [3.63, 3.8) is 0 Å². The lowest BCUT2D eigenvalue weighted by atomic mass is 9.44. The molecule has 4 heterocycles. The van der Waals surface area contributed by atoms with E-state index in [4.69, 9.17) is 4.42 Å². The molecule has 0 atom stereocenters. The summed E-state index contributed by atoms with van der Waals surface area (Å²) in [5.41, 5.74) is 22.8. The van der Waals surface area contributed by atoms with Gasteiger partial charge in [-0.15, -0.1) is 0 Å². The largest absolute Gasteiger partial charge is 0.456 e. The Morgan fingerprint density at radius 1 is 0.443 bits per heavy atom. The van der Waals surface area contributed by atoms with Crippen molar-refractivity contribution in [1.29, 1.82) is 0 Å². The average Bonchev–Trinajstić information content (AvgIpc) is 3.91. The van der Waals surface area contributed by atoms with Gasteiger partial charge in [0.2, 0.25) is 0 Å². The highest BCUT2D eigenvalue weighted by Crippen LogP contribution is 2.52. The molecule has 336 valence electrons. The highest BCUT2D eigenvalue weighted by Gasteiger charge is 2.45. The van der Waals surface area contributed by atoms with Gasteiger partial charge in [-0.2, -0.15) is 0 Å². The molecule has 2 aliphatic heterocycles. The van der Waals surface area contributed by atoms with Gasteiger partial charge in [0.05, 0.1) is 0 Å². The number of anilines is 3. The molecule has 3 nitrogen and oxygen atoms in total. The zero-order valence-corrected chi connectivity index (χ0v) is 41.1. The Morgan fingerprint density at radius 2 is 1.03 bits per heavy atom. The fraction of sp³-hybridized carbons (Fsp3) is 0.152. The lowest BCUT2D eigenvalue weighted by Crippen LogP contribution is -2.56. The maximum atomic E-state index is 7.09. The zero-order chi connectivity index (χ0) is 47.5. The molecule has 70 heavy (non-hydrogen) atoms. The van der Waals surface area contributed by atoms with Crippen molar-refractivity contribution < 1.29 is 4.42 Å². The number of aryl methyl sites for hydroxylation is 2. The molecule has 0 bridgehead atoms. The van der Waals surface area contributed by atoms with Crippen molar-refractivity contribution in [3.8, 4) is 33.4 Å². The van der Waals surface area contributed by atoms with Crippen molar-refractivity contribution in [2.75, 3.05) is 4.90 Å². The van der Waals surface area contributed by atoms with Gasteiger partial charge >= 0.3 is 6.85 Å². The highest BCUT2D eigenvalue weighted by atomic mass is 16.3. The number of hydrogen-bond acceptors (Lipinski definition) is 2. The Kier molecular flexibility index (Phi) is 8.45. The summed E-state index contributed by atoms with van der Waals surface area (Å²) in [6.07, 6.45) is 0. The topological polar surface area (TPSA) is 21.3 Å². The lowest BCUT2D eigenvalue weighted by molar-refractivity contribution is 0.590. The summed E-state index contributed by atoms with van der Waals surface area (Å²) in [5.74, 6) is 0. The first-order valence-corrected chi connectivity index (χ1v) is 24.9. The molecule has 12 aromatic rings. The Bertz CT molecular complexity index is 4160. The van der Waals surface area contributed by atoms with E-state index in [1.807, 2.05) is 0 Å². The van der Waals surface area contributed by atoms with E-state index in [0.29, 0.717) is 0 Å². The third-order valence-corrected chi connectivity index (χ3v) is 16.0. The van der Waals surface area contributed by atoms with E-state index in [1.165, 1.54) is 121 Å². The van der Waals surface area contributed by atoms with Gasteiger partial charge in [-0.1, -0.05) is 157 Å². The molecule has 4 heteroatoms. The minimum absolute atomic E-state index is 0.0207. The summed E-state index contributed by atoms with van der Waals surface area (Å²) in [7, 11) is 0. The SMILES string of the molecule is Cc1c2ccccc2c(C)c2cc3c(cc12)B1c2c(cc4oc5ccccc5c4c2-c2cc(C(C)(C)C)cc4c5cc(C(C)(C)C)ccc5n1c24)N3c1cc(-c2ccccc2)cc(-c2ccccc2)c1. The van der Waals surface area contributed by atoms with E-state index in [9.17, 15) is 0 Å². The van der Waals surface area contributed by atoms with Gasteiger partial charge in [0, 0.05) is 61.3 Å². The number of hydrogen-bond donors (Lipinski definition) is 0. The second-order valence-corrected chi connectivity index (χ2v) is 22.2. The second-order valence-electron chi connectivity index (χ2n) is 22.2. The maximum absolute atomic E-state index is 7.09. The standard InChI is InChI=1S/C66H53BN2O/c1-38-47-23-15-16-24-48(47)39(2)51-36-57-55(35-50(38)51)67-63-58(68(57)46-30-42(40-19-11-9-12-20-40)29-43(31-46)41-21-13-10-14-22-41)37-60-61(49-25-17-18-26-59(49)70-60)62(63)54-34-45(66(6,7)8)33-53-52-32-44(65(3,4)5)27-28-56(52)69(67)64(53)54/h9-37H,1-8H3. The molecule has 10 aromatic carbocycles. The molecule has 0 saturated carbocycles. The Hall–Kier alpha value is -7.82. The van der Waals surface area contributed by atoms with E-state index >= 15 is 0 Å². The van der Waals surface area contributed by atoms with Crippen LogP contribution in [0, 0.1) is 13.8 Å². The van der Waals surface area contributed by atoms with Crippen LogP contribution in [0.3, 0.4) is 0 Å². The molecule has 0 unspecified atom stereocenters. The number of aromatic nitrogens is 1. The Labute approximate surface area is 409 Å². The summed E-state index contributed by atoms with van der Waals surface area (Å²) in [6.45, 7) is 18.6. The lowest BCUT2D eigenvalue weighted by Gasteiger charge is -2.41. The van der Waals surface area contributed by atoms with Gasteiger partial charge in [0.15, 0.2) is 0 Å². The zero-order valence-electron chi connectivity index (χ0n) is 41.1. The Balaban J connectivity index is 1.21. The number of para-hydroxylation sites is 1. The van der Waals surface area contributed by atoms with E-state index in [-0.39, 0.29) is 17.7 Å². The summed E-state index contributed by atoms with van der Waals surface area (Å²) in [5, 5.41) is 10.1. The average molecular weight is 901 g/mol. The Morgan fingerprint density at radius 3 is 1.67 bits per heavy atom. The summed E-state index contributed by atoms with van der Waals surface area (Å²) in [4.78, 5) is 2.60. The smallest absolute Gasteiger partial charge is 0.333 e. The summed E-state index contributed by atoms with van der Waals surface area (Å²) >= 11 is 0. The fourth-order valence-electron chi connectivity index (χ4n) is 12.4. The van der Waals surface area contributed by atoms with Crippen LogP contribution in [-0.4, -0.2) is 11.3 Å². The van der Waals surface area contributed by atoms with Crippen molar-refractivity contribution in [2.45, 2.75) is 66.2 Å². The van der Waals surface area contributed by atoms with Crippen LogP contribution in [0.4, 0.5) is 17.1 Å². The molecule has 2 aromatic heterocycles. The molecule has 0 spiro atoms. The van der Waals surface area contributed by atoms with Crippen LogP contribution in [0.2, 0.25) is 0 Å². The third-order valence-electron chi connectivity index (χ3n) is 16.0. The van der Waals surface area contributed by atoms with Crippen molar-refractivity contribution >= 4 is 100 Å². The van der Waals surface area contributed by atoms with Crippen LogP contribution in [0.1, 0.15) is 63.8 Å². The minimum atomic E-state index is -0.149. The molecule has 0 amide bonds. The molecule has 0 aliphatic carbocycles. The molecule has 2 aliphatic rings. The first kappa shape index (κ1) is 41.2. The number of furan rings is 1. The predicted molar refractivity (Wildman–Crippen MR) is 300 cm³/mol. The van der Waals surface area contributed by atoms with Crippen LogP contribution in [0.5, 0.6) is 0 Å². The first-order valence-electron chi connectivity index (χ1n) is 24.9. The molecule has 14 rings (SSSR count). The van der Waals surface area contributed by atoms with Crippen LogP contribution in [0.15, 0.2) is 180 Å². The summed E-state index contributed by atoms with van der Waals surface area (Å²) < 4.78 is 9.83. The van der Waals surface area contributed by atoms with Crippen molar-refractivity contribution in [2.24, 2.45) is 0 Å². The predicted octanol–water partition coefficient (Wildman–Crippen LogP) is 17.0. The van der Waals surface area contributed by atoms with Gasteiger partial charge in [-0.05, 0) is 162 Å². The van der Waals surface area contributed by atoms with Crippen LogP contribution >= 0.6 is 0 Å². The van der Waals surface area contributed by atoms with Gasteiger partial charge in [-0.3, -0.25) is 0 Å². The third kappa shape index (κ3) is 5.77. The van der Waals surface area contributed by atoms with Gasteiger partial charge in [0.1, 0.15) is 11.2 Å². The number of benzene rings is 10. The van der Waals surface area contributed by atoms with Gasteiger partial charge in [0.25, 0.3) is 0 Å². The van der Waals surface area contributed by atoms with E-state index < -0.39 is 0 Å². The molecule has 0 radical (unpaired) electrons. The molecular weight excluding hydrogens is 848 g/mol. The molecular formula is C66H53BN2O. The van der Waals surface area contributed by atoms with Crippen LogP contribution in [0.25, 0.3) is 98.7 Å². The second kappa shape index (κ2) is 14.4. The minimum Gasteiger partial charge on any atom is -0.456 e. The van der Waals surface area contributed by atoms with Crippen LogP contribution < -0.4 is 15.8 Å². The maximum Gasteiger partial charge on any atom is 0.333 e.